The number of carboxylic acid groups (broad SMARTS) is 1. The van der Waals surface area contributed by atoms with Crippen LogP contribution >= 0.6 is 22.9 Å². The maximum absolute atomic E-state index is 13.3. The monoisotopic (exact) mass is 410 g/mol. The van der Waals surface area contributed by atoms with E-state index in [1.54, 1.807) is 12.1 Å². The van der Waals surface area contributed by atoms with Gasteiger partial charge < -0.3 is 5.11 Å². The van der Waals surface area contributed by atoms with Gasteiger partial charge in [0, 0.05) is 16.3 Å². The molecule has 3 atom stereocenters. The van der Waals surface area contributed by atoms with Crippen molar-refractivity contribution in [3.63, 3.8) is 0 Å². The van der Waals surface area contributed by atoms with E-state index in [1.165, 1.54) is 23.5 Å². The maximum Gasteiger partial charge on any atom is 0.345 e. The molecule has 1 aromatic heterocycles. The lowest BCUT2D eigenvalue weighted by Gasteiger charge is -2.19. The van der Waals surface area contributed by atoms with Crippen LogP contribution in [-0.4, -0.2) is 16.5 Å². The topological polar surface area (TPSA) is 37.3 Å². The van der Waals surface area contributed by atoms with Crippen molar-refractivity contribution in [2.45, 2.75) is 37.5 Å². The summed E-state index contributed by atoms with van der Waals surface area (Å²) in [5, 5.41) is 9.09. The highest BCUT2D eigenvalue weighted by Gasteiger charge is 2.32. The van der Waals surface area contributed by atoms with Gasteiger partial charge in [-0.1, -0.05) is 12.2 Å². The fraction of sp³-hybridized carbons (Fsp3) is 0.381. The highest BCUT2D eigenvalue weighted by Crippen LogP contribution is 2.40. The van der Waals surface area contributed by atoms with Crippen LogP contribution < -0.4 is 0 Å². The molecule has 144 valence electrons. The third kappa shape index (κ3) is 5.39. The van der Waals surface area contributed by atoms with Gasteiger partial charge in [-0.15, -0.1) is 22.9 Å². The molecule has 1 aliphatic rings. The third-order valence-corrected chi connectivity index (χ3v) is 6.72. The van der Waals surface area contributed by atoms with Gasteiger partial charge in [-0.2, -0.15) is 0 Å². The molecule has 0 radical (unpaired) electrons. The van der Waals surface area contributed by atoms with Crippen LogP contribution in [0.25, 0.3) is 6.08 Å². The fourth-order valence-electron chi connectivity index (χ4n) is 3.73. The first-order chi connectivity index (χ1) is 12.9. The molecule has 0 saturated heterocycles. The number of hydrogen-bond donors (Lipinski definition) is 1. The number of benzene rings is 1. The first kappa shape index (κ1) is 20.0. The number of aryl methyl sites for hydroxylation is 1. The zero-order valence-corrected chi connectivity index (χ0v) is 16.3. The minimum absolute atomic E-state index is 0.0989. The van der Waals surface area contributed by atoms with Gasteiger partial charge in [0.15, 0.2) is 0 Å². The number of thiophene rings is 1. The lowest BCUT2D eigenvalue weighted by atomic mass is 9.90. The summed E-state index contributed by atoms with van der Waals surface area (Å²) in [7, 11) is 0. The number of halogens is 3. The Hall–Kier alpha value is -1.72. The Labute approximate surface area is 166 Å². The SMILES string of the molecule is O=C(O)c1ccc(CCC[C@H]2[C@H](Cl)CC[C@@H]2/C=C\c2cc(F)cc(F)c2)s1. The zero-order valence-electron chi connectivity index (χ0n) is 14.7. The average Bonchev–Trinajstić information content (AvgIpc) is 3.20. The van der Waals surface area contributed by atoms with Crippen LogP contribution in [-0.2, 0) is 6.42 Å². The molecule has 0 aliphatic heterocycles. The van der Waals surface area contributed by atoms with E-state index < -0.39 is 17.6 Å². The predicted molar refractivity (Wildman–Crippen MR) is 105 cm³/mol. The molecule has 27 heavy (non-hydrogen) atoms. The van der Waals surface area contributed by atoms with Gasteiger partial charge in [0.2, 0.25) is 0 Å². The molecule has 0 unspecified atom stereocenters. The van der Waals surface area contributed by atoms with Crippen LogP contribution in [0.15, 0.2) is 36.4 Å². The van der Waals surface area contributed by atoms with Gasteiger partial charge in [0.25, 0.3) is 0 Å². The molecular weight excluding hydrogens is 390 g/mol. The molecule has 2 aromatic rings. The molecule has 1 fully saturated rings. The highest BCUT2D eigenvalue weighted by molar-refractivity contribution is 7.13. The molecule has 1 saturated carbocycles. The van der Waals surface area contributed by atoms with Gasteiger partial charge in [0.05, 0.1) is 0 Å². The lowest BCUT2D eigenvalue weighted by Crippen LogP contribution is -2.14. The third-order valence-electron chi connectivity index (χ3n) is 5.04. The summed E-state index contributed by atoms with van der Waals surface area (Å²) in [5.74, 6) is -1.44. The van der Waals surface area contributed by atoms with Crippen LogP contribution in [0.5, 0.6) is 0 Å². The average molecular weight is 411 g/mol. The van der Waals surface area contributed by atoms with Gasteiger partial charge >= 0.3 is 5.97 Å². The molecule has 1 heterocycles. The highest BCUT2D eigenvalue weighted by atomic mass is 35.5. The summed E-state index contributed by atoms with van der Waals surface area (Å²) in [4.78, 5) is 12.4. The Kier molecular flexibility index (Phi) is 6.66. The molecule has 1 aromatic carbocycles. The van der Waals surface area contributed by atoms with Crippen LogP contribution in [0.1, 0.15) is 45.8 Å². The number of rotatable bonds is 7. The van der Waals surface area contributed by atoms with Crippen molar-refractivity contribution in [2.75, 3.05) is 0 Å². The van der Waals surface area contributed by atoms with Crippen LogP contribution in [0, 0.1) is 23.5 Å². The summed E-state index contributed by atoms with van der Waals surface area (Å²) in [6.45, 7) is 0. The first-order valence-electron chi connectivity index (χ1n) is 9.03. The van der Waals surface area contributed by atoms with E-state index in [0.29, 0.717) is 16.4 Å². The largest absolute Gasteiger partial charge is 0.477 e. The molecule has 0 amide bonds. The normalized spacial score (nSPS) is 22.6. The van der Waals surface area contributed by atoms with Crippen molar-refractivity contribution >= 4 is 35.0 Å². The van der Waals surface area contributed by atoms with Crippen molar-refractivity contribution in [2.24, 2.45) is 11.8 Å². The Balaban J connectivity index is 1.57. The zero-order chi connectivity index (χ0) is 19.4. The fourth-order valence-corrected chi connectivity index (χ4v) is 5.05. The number of hydrogen-bond acceptors (Lipinski definition) is 2. The quantitative estimate of drug-likeness (QED) is 0.536. The summed E-state index contributed by atoms with van der Waals surface area (Å²) >= 11 is 7.82. The number of carbonyl (C=O) groups is 1. The molecule has 3 rings (SSSR count). The molecule has 6 heteroatoms. The van der Waals surface area contributed by atoms with Crippen LogP contribution in [0.4, 0.5) is 8.78 Å². The van der Waals surface area contributed by atoms with E-state index in [9.17, 15) is 13.6 Å². The smallest absolute Gasteiger partial charge is 0.345 e. The van der Waals surface area contributed by atoms with Gasteiger partial charge in [-0.3, -0.25) is 0 Å². The second kappa shape index (κ2) is 8.98. The van der Waals surface area contributed by atoms with Crippen molar-refractivity contribution < 1.29 is 18.7 Å². The number of allylic oxidation sites excluding steroid dienone is 1. The first-order valence-corrected chi connectivity index (χ1v) is 10.3. The van der Waals surface area contributed by atoms with E-state index in [4.69, 9.17) is 16.7 Å². The van der Waals surface area contributed by atoms with Gasteiger partial charge in [-0.25, -0.2) is 13.6 Å². The van der Waals surface area contributed by atoms with E-state index in [0.717, 1.165) is 43.0 Å². The van der Waals surface area contributed by atoms with E-state index in [-0.39, 0.29) is 11.3 Å². The minimum Gasteiger partial charge on any atom is -0.477 e. The summed E-state index contributed by atoms with van der Waals surface area (Å²) in [5.41, 5.74) is 0.518. The Bertz CT molecular complexity index is 813. The Morgan fingerprint density at radius 1 is 1.22 bits per heavy atom. The molecular formula is C21H21ClF2O2S. The summed E-state index contributed by atoms with van der Waals surface area (Å²) in [6, 6.07) is 7.02. The van der Waals surface area contributed by atoms with Crippen molar-refractivity contribution in [1.82, 2.24) is 0 Å². The second-order valence-corrected chi connectivity index (χ2v) is 8.68. The van der Waals surface area contributed by atoms with Gasteiger partial charge in [0.1, 0.15) is 16.5 Å². The van der Waals surface area contributed by atoms with Crippen LogP contribution in [0.3, 0.4) is 0 Å². The standard InChI is InChI=1S/C21H21ClF2O2S/c22-19-8-6-14(5-4-13-10-15(23)12-16(24)11-13)18(19)3-1-2-17-7-9-20(27-17)21(25)26/h4-5,7,9-12,14,18-19H,1-3,6,8H2,(H,25,26)/b5-4-/t14-,18+,19+/m0/s1. The number of carboxylic acids is 1. The summed E-state index contributed by atoms with van der Waals surface area (Å²) < 4.78 is 26.6. The minimum atomic E-state index is -0.887. The van der Waals surface area contributed by atoms with E-state index >= 15 is 0 Å². The maximum atomic E-state index is 13.3. The Morgan fingerprint density at radius 3 is 2.63 bits per heavy atom. The molecule has 1 aliphatic carbocycles. The molecule has 0 bridgehead atoms. The molecule has 2 nitrogen and oxygen atoms in total. The molecule has 0 spiro atoms. The number of alkyl halides is 1. The van der Waals surface area contributed by atoms with E-state index in [2.05, 4.69) is 0 Å². The van der Waals surface area contributed by atoms with Crippen molar-refractivity contribution in [3.05, 3.63) is 63.4 Å². The second-order valence-electron chi connectivity index (χ2n) is 6.95. The van der Waals surface area contributed by atoms with Crippen molar-refractivity contribution in [1.29, 1.82) is 0 Å². The summed E-state index contributed by atoms with van der Waals surface area (Å²) in [6.07, 6.45) is 8.42. The lowest BCUT2D eigenvalue weighted by molar-refractivity contribution is 0.0702. The van der Waals surface area contributed by atoms with E-state index in [1.807, 2.05) is 12.1 Å². The Morgan fingerprint density at radius 2 is 1.96 bits per heavy atom. The van der Waals surface area contributed by atoms with Crippen LogP contribution in [0.2, 0.25) is 0 Å². The van der Waals surface area contributed by atoms with Gasteiger partial charge in [-0.05, 0) is 73.8 Å². The predicted octanol–water partition coefficient (Wildman–Crippen LogP) is 6.39. The van der Waals surface area contributed by atoms with Crippen molar-refractivity contribution in [3.8, 4) is 0 Å². The molecule has 1 N–H and O–H groups in total. The number of aromatic carboxylic acids is 1.